The van der Waals surface area contributed by atoms with Gasteiger partial charge in [0.1, 0.15) is 23.0 Å². The van der Waals surface area contributed by atoms with E-state index in [0.717, 1.165) is 90.1 Å². The summed E-state index contributed by atoms with van der Waals surface area (Å²) in [6.45, 7) is 0. The van der Waals surface area contributed by atoms with E-state index < -0.39 is 10.8 Å². The molecule has 2 aliphatic carbocycles. The van der Waals surface area contributed by atoms with Crippen LogP contribution in [0.2, 0.25) is 0 Å². The van der Waals surface area contributed by atoms with Crippen LogP contribution in [-0.4, -0.2) is 0 Å². The molecule has 4 aliphatic rings. The molecule has 0 N–H and O–H groups in total. The fourth-order valence-corrected chi connectivity index (χ4v) is 13.8. The van der Waals surface area contributed by atoms with Gasteiger partial charge in [0.05, 0.1) is 22.2 Å². The van der Waals surface area contributed by atoms with Gasteiger partial charge in [0.2, 0.25) is 0 Å². The average Bonchev–Trinajstić information content (AvgIpc) is 4.20. The highest BCUT2D eigenvalue weighted by Crippen LogP contribution is 2.65. The summed E-state index contributed by atoms with van der Waals surface area (Å²) in [4.78, 5) is 2.47. The molecule has 0 radical (unpaired) electrons. The van der Waals surface area contributed by atoms with Gasteiger partial charge in [-0.2, -0.15) is 0 Å². The summed E-state index contributed by atoms with van der Waals surface area (Å²) in [5.41, 5.74) is 23.6. The molecular weight excluding hydrogens is 935 g/mol. The van der Waals surface area contributed by atoms with E-state index in [-0.39, 0.29) is 0 Å². The highest BCUT2D eigenvalue weighted by atomic mass is 16.5. The first-order chi connectivity index (χ1) is 38.2. The molecule has 12 aromatic carbocycles. The van der Waals surface area contributed by atoms with Gasteiger partial charge >= 0.3 is 0 Å². The molecule has 2 heterocycles. The maximum Gasteiger partial charge on any atom is 0.132 e. The zero-order valence-corrected chi connectivity index (χ0v) is 41.9. The second-order valence-corrected chi connectivity index (χ2v) is 20.6. The Balaban J connectivity index is 0.886. The minimum absolute atomic E-state index is 0.551. The molecule has 2 spiro atoms. The van der Waals surface area contributed by atoms with E-state index >= 15 is 0 Å². The molecule has 77 heavy (non-hydrogen) atoms. The molecule has 0 saturated heterocycles. The van der Waals surface area contributed by atoms with E-state index in [1.807, 2.05) is 0 Å². The van der Waals surface area contributed by atoms with Crippen LogP contribution in [-0.2, 0) is 10.8 Å². The molecule has 0 saturated carbocycles. The maximum atomic E-state index is 6.72. The van der Waals surface area contributed by atoms with Gasteiger partial charge in [0.15, 0.2) is 0 Å². The molecule has 16 rings (SSSR count). The first-order valence-electron chi connectivity index (χ1n) is 26.6. The predicted molar refractivity (Wildman–Crippen MR) is 312 cm³/mol. The van der Waals surface area contributed by atoms with E-state index in [1.165, 1.54) is 50.1 Å². The van der Waals surface area contributed by atoms with Gasteiger partial charge in [-0.15, -0.1) is 0 Å². The first-order valence-corrected chi connectivity index (χ1v) is 26.6. The van der Waals surface area contributed by atoms with Crippen molar-refractivity contribution < 1.29 is 9.47 Å². The van der Waals surface area contributed by atoms with E-state index in [1.54, 1.807) is 0 Å². The lowest BCUT2D eigenvalue weighted by atomic mass is 9.66. The average molecular weight is 982 g/mol. The van der Waals surface area contributed by atoms with Crippen molar-refractivity contribution >= 4 is 17.1 Å². The number of hydrogen-bond donors (Lipinski definition) is 0. The highest BCUT2D eigenvalue weighted by Gasteiger charge is 2.53. The number of nitrogens with zero attached hydrogens (tertiary/aromatic N) is 1. The molecule has 3 heteroatoms. The van der Waals surface area contributed by atoms with Gasteiger partial charge in [-0.25, -0.2) is 0 Å². The molecule has 0 atom stereocenters. The SMILES string of the molecule is c1ccc(-c2ccccc2N(c2ccc(-c3ccc4c(c3)C3(c5ccccc5Oc5ccccc53)c3ccccc3-4)cc2)c2ccccc2-c2cccc3c2-c2ccccc2C32c3ccccc3Oc3ccccc32)cc1. The zero-order chi connectivity index (χ0) is 50.7. The number of anilines is 3. The monoisotopic (exact) mass is 981 g/mol. The fraction of sp³-hybridized carbons (Fsp3) is 0.0270. The normalized spacial score (nSPS) is 13.9. The van der Waals surface area contributed by atoms with E-state index in [2.05, 4.69) is 290 Å². The van der Waals surface area contributed by atoms with Crippen molar-refractivity contribution in [2.45, 2.75) is 10.8 Å². The minimum atomic E-state index is -0.588. The Bertz CT molecular complexity index is 4270. The molecule has 0 fully saturated rings. The van der Waals surface area contributed by atoms with Crippen LogP contribution in [0.3, 0.4) is 0 Å². The van der Waals surface area contributed by atoms with Crippen LogP contribution in [0.25, 0.3) is 55.6 Å². The van der Waals surface area contributed by atoms with Crippen LogP contribution < -0.4 is 14.4 Å². The maximum absolute atomic E-state index is 6.72. The molecule has 3 nitrogen and oxygen atoms in total. The van der Waals surface area contributed by atoms with Crippen LogP contribution in [0.1, 0.15) is 44.5 Å². The Hall–Kier alpha value is -9.96. The number of para-hydroxylation sites is 6. The predicted octanol–water partition coefficient (Wildman–Crippen LogP) is 19.1. The summed E-state index contributed by atoms with van der Waals surface area (Å²) in [5, 5.41) is 0. The number of ether oxygens (including phenoxy) is 2. The Morgan fingerprint density at radius 3 is 1.23 bits per heavy atom. The topological polar surface area (TPSA) is 21.7 Å². The van der Waals surface area contributed by atoms with Crippen LogP contribution in [0.15, 0.2) is 285 Å². The third kappa shape index (κ3) is 6.08. The summed E-state index contributed by atoms with van der Waals surface area (Å²) < 4.78 is 13.4. The van der Waals surface area contributed by atoms with Crippen LogP contribution in [0.4, 0.5) is 17.1 Å². The van der Waals surface area contributed by atoms with Gasteiger partial charge in [-0.1, -0.05) is 231 Å². The zero-order valence-electron chi connectivity index (χ0n) is 41.9. The van der Waals surface area contributed by atoms with Crippen molar-refractivity contribution in [2.75, 3.05) is 4.90 Å². The Morgan fingerprint density at radius 2 is 0.636 bits per heavy atom. The van der Waals surface area contributed by atoms with Gasteiger partial charge in [0.25, 0.3) is 0 Å². The highest BCUT2D eigenvalue weighted by molar-refractivity contribution is 6.02. The molecule has 360 valence electrons. The molecule has 0 unspecified atom stereocenters. The molecule has 0 amide bonds. The van der Waals surface area contributed by atoms with Crippen molar-refractivity contribution in [2.24, 2.45) is 0 Å². The number of fused-ring (bicyclic) bond motifs is 18. The fourth-order valence-electron chi connectivity index (χ4n) is 13.8. The van der Waals surface area contributed by atoms with Crippen LogP contribution >= 0.6 is 0 Å². The Kier molecular flexibility index (Phi) is 9.47. The van der Waals surface area contributed by atoms with Crippen LogP contribution in [0.5, 0.6) is 23.0 Å². The van der Waals surface area contributed by atoms with Crippen molar-refractivity contribution in [3.05, 3.63) is 330 Å². The molecule has 0 aromatic heterocycles. The lowest BCUT2D eigenvalue weighted by Gasteiger charge is -2.39. The van der Waals surface area contributed by atoms with Crippen molar-refractivity contribution in [1.82, 2.24) is 0 Å². The molecule has 0 bridgehead atoms. The Morgan fingerprint density at radius 1 is 0.234 bits per heavy atom. The molecule has 12 aromatic rings. The summed E-state index contributed by atoms with van der Waals surface area (Å²) in [5.74, 6) is 3.55. The minimum Gasteiger partial charge on any atom is -0.457 e. The van der Waals surface area contributed by atoms with Crippen LogP contribution in [0, 0.1) is 0 Å². The van der Waals surface area contributed by atoms with Gasteiger partial charge in [-0.05, 0) is 121 Å². The quantitative estimate of drug-likeness (QED) is 0.166. The number of hydrogen-bond acceptors (Lipinski definition) is 3. The third-order valence-electron chi connectivity index (χ3n) is 16.8. The number of rotatable bonds is 6. The lowest BCUT2D eigenvalue weighted by Crippen LogP contribution is -2.32. The van der Waals surface area contributed by atoms with Crippen molar-refractivity contribution in [1.29, 1.82) is 0 Å². The summed E-state index contributed by atoms with van der Waals surface area (Å²) in [6, 6.07) is 104. The summed E-state index contributed by atoms with van der Waals surface area (Å²) in [6.07, 6.45) is 0. The third-order valence-corrected chi connectivity index (χ3v) is 16.8. The van der Waals surface area contributed by atoms with Gasteiger partial charge < -0.3 is 14.4 Å². The summed E-state index contributed by atoms with van der Waals surface area (Å²) >= 11 is 0. The van der Waals surface area contributed by atoms with E-state index in [9.17, 15) is 0 Å². The molecule has 2 aliphatic heterocycles. The molecular formula is C74H47NO2. The van der Waals surface area contributed by atoms with Gasteiger partial charge in [0, 0.05) is 39.1 Å². The number of benzene rings is 12. The second-order valence-electron chi connectivity index (χ2n) is 20.6. The lowest BCUT2D eigenvalue weighted by molar-refractivity contribution is 0.436. The van der Waals surface area contributed by atoms with E-state index in [4.69, 9.17) is 9.47 Å². The summed E-state index contributed by atoms with van der Waals surface area (Å²) in [7, 11) is 0. The van der Waals surface area contributed by atoms with Crippen molar-refractivity contribution in [3.63, 3.8) is 0 Å². The van der Waals surface area contributed by atoms with Gasteiger partial charge in [-0.3, -0.25) is 0 Å². The standard InChI is InChI=1S/C74H47NO2/c1-2-21-49(22-3-1)52-23-6-14-35-66(52)75(51-44-41-48(42-45-51)50-43-46-54-53-24-4-8-28-58(53)74(65(54)47-50)62-32-12-18-39-70(62)77-71-40-19-13-33-63(71)74)67-36-15-7-25-55(67)56-27-20-34-64-72(56)57-26-5-9-29-59(57)73(64)60-30-10-16-37-68(60)76-69-38-17-11-31-61(69)73/h1-47H. The van der Waals surface area contributed by atoms with E-state index in [0.29, 0.717) is 0 Å². The largest absolute Gasteiger partial charge is 0.457 e. The van der Waals surface area contributed by atoms with Crippen molar-refractivity contribution in [3.8, 4) is 78.6 Å². The second kappa shape index (κ2) is 16.8. The Labute approximate surface area is 448 Å². The first kappa shape index (κ1) is 43.4. The smallest absolute Gasteiger partial charge is 0.132 e.